The molecule has 0 fully saturated rings. The van der Waals surface area contributed by atoms with Gasteiger partial charge in [0.2, 0.25) is 0 Å². The van der Waals surface area contributed by atoms with Crippen LogP contribution in [0.5, 0.6) is 0 Å². The van der Waals surface area contributed by atoms with E-state index < -0.39 is 11.3 Å². The van der Waals surface area contributed by atoms with Gasteiger partial charge in [0, 0.05) is 41.7 Å². The Labute approximate surface area is 167 Å². The fourth-order valence-electron chi connectivity index (χ4n) is 3.47. The lowest BCUT2D eigenvalue weighted by molar-refractivity contribution is 0.559. The normalized spacial score (nSPS) is 11.5. The second-order valence-corrected chi connectivity index (χ2v) is 6.73. The van der Waals surface area contributed by atoms with E-state index in [9.17, 15) is 9.59 Å². The number of nitrogens with zero attached hydrogens (tertiary/aromatic N) is 1. The van der Waals surface area contributed by atoms with E-state index in [2.05, 4.69) is 18.7 Å². The Balaban J connectivity index is 1.75. The smallest absolute Gasteiger partial charge is 0.343 e. The summed E-state index contributed by atoms with van der Waals surface area (Å²) in [5.74, 6) is 0. The van der Waals surface area contributed by atoms with Crippen LogP contribution in [-0.4, -0.2) is 13.1 Å². The van der Waals surface area contributed by atoms with Crippen LogP contribution in [-0.2, 0) is 0 Å². The second kappa shape index (κ2) is 7.80. The zero-order valence-corrected chi connectivity index (χ0v) is 16.3. The molecule has 5 nitrogen and oxygen atoms in total. The number of rotatable bonds is 5. The molecule has 0 radical (unpaired) electrons. The monoisotopic (exact) mass is 387 g/mol. The van der Waals surface area contributed by atoms with Gasteiger partial charge in [-0.15, -0.1) is 0 Å². The number of benzene rings is 2. The van der Waals surface area contributed by atoms with Crippen LogP contribution < -0.4 is 16.2 Å². The van der Waals surface area contributed by atoms with Crippen LogP contribution in [0.1, 0.15) is 25.0 Å². The molecule has 29 heavy (non-hydrogen) atoms. The van der Waals surface area contributed by atoms with Crippen molar-refractivity contribution in [1.29, 1.82) is 0 Å². The van der Waals surface area contributed by atoms with E-state index in [-0.39, 0.29) is 0 Å². The van der Waals surface area contributed by atoms with Crippen molar-refractivity contribution in [3.05, 3.63) is 86.6 Å². The summed E-state index contributed by atoms with van der Waals surface area (Å²) in [6, 6.07) is 16.4. The Kier molecular flexibility index (Phi) is 5.04. The largest absolute Gasteiger partial charge is 0.423 e. The van der Waals surface area contributed by atoms with Crippen molar-refractivity contribution in [1.82, 2.24) is 0 Å². The van der Waals surface area contributed by atoms with Crippen molar-refractivity contribution in [2.45, 2.75) is 13.8 Å². The average molecular weight is 387 g/mol. The van der Waals surface area contributed by atoms with Gasteiger partial charge in [0.25, 0.3) is 0 Å². The maximum atomic E-state index is 12.5. The van der Waals surface area contributed by atoms with Crippen LogP contribution in [0, 0.1) is 0 Å². The van der Waals surface area contributed by atoms with Gasteiger partial charge in [0.05, 0.1) is 5.56 Å². The van der Waals surface area contributed by atoms with Gasteiger partial charge in [-0.3, -0.25) is 0 Å². The number of fused-ring (bicyclic) bond motifs is 2. The summed E-state index contributed by atoms with van der Waals surface area (Å²) in [7, 11) is 0. The average Bonchev–Trinajstić information content (AvgIpc) is 2.72. The van der Waals surface area contributed by atoms with Gasteiger partial charge >= 0.3 is 11.3 Å². The molecule has 4 aromatic rings. The number of anilines is 1. The van der Waals surface area contributed by atoms with E-state index >= 15 is 0 Å². The van der Waals surface area contributed by atoms with E-state index in [1.165, 1.54) is 6.07 Å². The molecule has 0 spiro atoms. The van der Waals surface area contributed by atoms with Gasteiger partial charge in [0.15, 0.2) is 0 Å². The van der Waals surface area contributed by atoms with Crippen molar-refractivity contribution in [2.75, 3.05) is 18.0 Å². The summed E-state index contributed by atoms with van der Waals surface area (Å²) in [5, 5.41) is 1.65. The Hall–Kier alpha value is -3.60. The van der Waals surface area contributed by atoms with Gasteiger partial charge in [-0.2, -0.15) is 0 Å². The quantitative estimate of drug-likeness (QED) is 0.455. The fraction of sp³-hybridized carbons (Fsp3) is 0.167. The molecule has 146 valence electrons. The van der Waals surface area contributed by atoms with Gasteiger partial charge in [-0.1, -0.05) is 24.3 Å². The molecule has 4 rings (SSSR count). The third kappa shape index (κ3) is 3.72. The molecule has 0 aliphatic carbocycles. The number of hydrogen-bond acceptors (Lipinski definition) is 5. The zero-order chi connectivity index (χ0) is 20.4. The molecule has 2 heterocycles. The first-order chi connectivity index (χ1) is 14.1. The third-order valence-corrected chi connectivity index (χ3v) is 5.00. The molecule has 0 aliphatic heterocycles. The van der Waals surface area contributed by atoms with E-state index in [0.29, 0.717) is 22.3 Å². The molecule has 0 N–H and O–H groups in total. The highest BCUT2D eigenvalue weighted by molar-refractivity contribution is 5.90. The van der Waals surface area contributed by atoms with Crippen molar-refractivity contribution in [2.24, 2.45) is 0 Å². The van der Waals surface area contributed by atoms with E-state index in [1.807, 2.05) is 36.4 Å². The highest BCUT2D eigenvalue weighted by Crippen LogP contribution is 2.23. The minimum atomic E-state index is -0.433. The predicted octanol–water partition coefficient (Wildman–Crippen LogP) is 4.92. The van der Waals surface area contributed by atoms with Crippen LogP contribution in [0.15, 0.2) is 73.0 Å². The first kappa shape index (κ1) is 18.7. The summed E-state index contributed by atoms with van der Waals surface area (Å²) < 4.78 is 10.8. The van der Waals surface area contributed by atoms with Crippen LogP contribution in [0.4, 0.5) is 5.69 Å². The summed E-state index contributed by atoms with van der Waals surface area (Å²) >= 11 is 0. The van der Waals surface area contributed by atoms with Crippen LogP contribution in [0.3, 0.4) is 0 Å². The highest BCUT2D eigenvalue weighted by Gasteiger charge is 2.08. The molecule has 5 heteroatoms. The molecule has 0 saturated carbocycles. The number of hydrogen-bond donors (Lipinski definition) is 0. The first-order valence-corrected chi connectivity index (χ1v) is 9.63. The summed E-state index contributed by atoms with van der Waals surface area (Å²) in [6.45, 7) is 5.94. The fourth-order valence-corrected chi connectivity index (χ4v) is 3.47. The van der Waals surface area contributed by atoms with Gasteiger partial charge in [-0.05, 0) is 49.8 Å². The second-order valence-electron chi connectivity index (χ2n) is 6.73. The molecule has 0 aliphatic rings. The van der Waals surface area contributed by atoms with Gasteiger partial charge in [-0.25, -0.2) is 9.59 Å². The lowest BCUT2D eigenvalue weighted by Gasteiger charge is -2.20. The van der Waals surface area contributed by atoms with Gasteiger partial charge < -0.3 is 13.7 Å². The highest BCUT2D eigenvalue weighted by atomic mass is 16.4. The zero-order valence-electron chi connectivity index (χ0n) is 16.3. The molecular weight excluding hydrogens is 366 g/mol. The van der Waals surface area contributed by atoms with Crippen molar-refractivity contribution in [3.8, 4) is 0 Å². The third-order valence-electron chi connectivity index (χ3n) is 5.00. The van der Waals surface area contributed by atoms with Crippen LogP contribution in [0.2, 0.25) is 0 Å². The lowest BCUT2D eigenvalue weighted by Crippen LogP contribution is -2.21. The van der Waals surface area contributed by atoms with Crippen LogP contribution >= 0.6 is 0 Å². The standard InChI is InChI=1S/C24H21NO4/c1-3-25(4-2)19-12-11-17-13-18(24(27)29-22(17)15-19)10-9-16-14-23(26)28-21-8-6-5-7-20(16)21/h5-15H,3-4H2,1-2H3/b10-9+. The first-order valence-electron chi connectivity index (χ1n) is 9.63. The Morgan fingerprint density at radius 3 is 2.38 bits per heavy atom. The summed E-state index contributed by atoms with van der Waals surface area (Å²) in [4.78, 5) is 26.5. The summed E-state index contributed by atoms with van der Waals surface area (Å²) in [5.41, 5.74) is 2.35. The molecule has 0 atom stereocenters. The maximum Gasteiger partial charge on any atom is 0.343 e. The topological polar surface area (TPSA) is 63.7 Å². The van der Waals surface area contributed by atoms with Gasteiger partial charge in [0.1, 0.15) is 11.2 Å². The minimum absolute atomic E-state index is 0.419. The Bertz CT molecular complexity index is 1330. The van der Waals surface area contributed by atoms with E-state index in [0.717, 1.165) is 29.5 Å². The lowest BCUT2D eigenvalue weighted by atomic mass is 10.1. The predicted molar refractivity (Wildman–Crippen MR) is 117 cm³/mol. The van der Waals surface area contributed by atoms with Crippen LogP contribution in [0.25, 0.3) is 34.1 Å². The van der Waals surface area contributed by atoms with Crippen molar-refractivity contribution >= 4 is 39.8 Å². The molecule has 0 bridgehead atoms. The summed E-state index contributed by atoms with van der Waals surface area (Å²) in [6.07, 6.45) is 3.41. The molecule has 2 aromatic heterocycles. The Morgan fingerprint density at radius 1 is 0.828 bits per heavy atom. The molecule has 0 saturated heterocycles. The van der Waals surface area contributed by atoms with Crippen molar-refractivity contribution in [3.63, 3.8) is 0 Å². The molecule has 0 unspecified atom stereocenters. The number of para-hydroxylation sites is 1. The molecule has 0 amide bonds. The minimum Gasteiger partial charge on any atom is -0.423 e. The SMILES string of the molecule is CCN(CC)c1ccc2cc(/C=C/c3cc(=O)oc4ccccc34)c(=O)oc2c1. The molecular formula is C24H21NO4. The van der Waals surface area contributed by atoms with Crippen molar-refractivity contribution < 1.29 is 8.83 Å². The Morgan fingerprint density at radius 2 is 1.59 bits per heavy atom. The van der Waals surface area contributed by atoms with E-state index in [1.54, 1.807) is 24.3 Å². The van der Waals surface area contributed by atoms with E-state index in [4.69, 9.17) is 8.83 Å². The maximum absolute atomic E-state index is 12.5. The molecule has 2 aromatic carbocycles.